The minimum atomic E-state index is -0.491. The number of phenols is 1. The van der Waals surface area contributed by atoms with Gasteiger partial charge in [0.15, 0.2) is 0 Å². The molecule has 0 atom stereocenters. The first-order chi connectivity index (χ1) is 14.4. The number of benzene rings is 2. The lowest BCUT2D eigenvalue weighted by atomic mass is 10.0. The van der Waals surface area contributed by atoms with Crippen molar-refractivity contribution in [1.82, 2.24) is 14.9 Å². The van der Waals surface area contributed by atoms with E-state index >= 15 is 0 Å². The SMILES string of the molecule is Cc1cc(-c2cc(-c3cccc(C(=O)N4CCC(O)CC4)c3)[nH]c(=O)n2)ccc1O. The molecule has 1 aliphatic heterocycles. The van der Waals surface area contributed by atoms with Gasteiger partial charge in [-0.2, -0.15) is 4.98 Å². The number of aromatic nitrogens is 2. The van der Waals surface area contributed by atoms with Crippen LogP contribution in [0.4, 0.5) is 0 Å². The summed E-state index contributed by atoms with van der Waals surface area (Å²) in [6.45, 7) is 2.84. The summed E-state index contributed by atoms with van der Waals surface area (Å²) in [4.78, 5) is 33.6. The maximum atomic E-state index is 12.9. The molecule has 0 spiro atoms. The lowest BCUT2D eigenvalue weighted by Gasteiger charge is -2.29. The number of hydrogen-bond donors (Lipinski definition) is 3. The third kappa shape index (κ3) is 4.11. The van der Waals surface area contributed by atoms with E-state index in [1.165, 1.54) is 0 Å². The highest BCUT2D eigenvalue weighted by atomic mass is 16.3. The first-order valence-electron chi connectivity index (χ1n) is 9.90. The molecule has 0 saturated carbocycles. The molecular weight excluding hydrogens is 382 g/mol. The van der Waals surface area contributed by atoms with E-state index in [4.69, 9.17) is 0 Å². The molecule has 30 heavy (non-hydrogen) atoms. The molecule has 1 aromatic heterocycles. The van der Waals surface area contributed by atoms with Gasteiger partial charge < -0.3 is 20.1 Å². The van der Waals surface area contributed by atoms with Gasteiger partial charge in [-0.15, -0.1) is 0 Å². The van der Waals surface area contributed by atoms with Crippen LogP contribution in [-0.4, -0.2) is 50.2 Å². The third-order valence-corrected chi connectivity index (χ3v) is 5.41. The lowest BCUT2D eigenvalue weighted by Crippen LogP contribution is -2.40. The minimum absolute atomic E-state index is 0.0884. The van der Waals surface area contributed by atoms with E-state index in [1.54, 1.807) is 54.3 Å². The number of hydrogen-bond acceptors (Lipinski definition) is 5. The molecule has 1 aliphatic rings. The summed E-state index contributed by atoms with van der Waals surface area (Å²) in [6, 6.07) is 13.9. The van der Waals surface area contributed by atoms with Gasteiger partial charge >= 0.3 is 5.69 Å². The first-order valence-corrected chi connectivity index (χ1v) is 9.90. The summed E-state index contributed by atoms with van der Waals surface area (Å²) in [5.41, 5.74) is 3.19. The van der Waals surface area contributed by atoms with Crippen molar-refractivity contribution in [3.05, 3.63) is 70.1 Å². The number of carbonyl (C=O) groups excluding carboxylic acids is 1. The predicted octanol–water partition coefficient (Wildman–Crippen LogP) is 2.71. The van der Waals surface area contributed by atoms with Crippen molar-refractivity contribution >= 4 is 5.91 Å². The number of carbonyl (C=O) groups is 1. The summed E-state index contributed by atoms with van der Waals surface area (Å²) in [7, 11) is 0. The summed E-state index contributed by atoms with van der Waals surface area (Å²) < 4.78 is 0. The molecule has 3 aromatic rings. The number of H-pyrrole nitrogens is 1. The van der Waals surface area contributed by atoms with Gasteiger partial charge in [0.25, 0.3) is 5.91 Å². The number of aliphatic hydroxyl groups is 1. The lowest BCUT2D eigenvalue weighted by molar-refractivity contribution is 0.0546. The minimum Gasteiger partial charge on any atom is -0.508 e. The van der Waals surface area contributed by atoms with Gasteiger partial charge in [-0.25, -0.2) is 4.79 Å². The number of nitrogens with one attached hydrogen (secondary N) is 1. The van der Waals surface area contributed by atoms with Crippen molar-refractivity contribution in [3.63, 3.8) is 0 Å². The Hall–Kier alpha value is -3.45. The number of rotatable bonds is 3. The van der Waals surface area contributed by atoms with Crippen LogP contribution in [0.3, 0.4) is 0 Å². The monoisotopic (exact) mass is 405 g/mol. The zero-order valence-electron chi connectivity index (χ0n) is 16.6. The largest absolute Gasteiger partial charge is 0.508 e. The average molecular weight is 405 g/mol. The van der Waals surface area contributed by atoms with Gasteiger partial charge in [-0.05, 0) is 67.3 Å². The van der Waals surface area contributed by atoms with E-state index in [0.717, 1.165) is 5.56 Å². The Kier molecular flexibility index (Phi) is 5.37. The number of aromatic hydroxyl groups is 1. The fraction of sp³-hybridized carbons (Fsp3) is 0.261. The molecule has 0 radical (unpaired) electrons. The number of piperidine rings is 1. The van der Waals surface area contributed by atoms with Crippen molar-refractivity contribution in [2.45, 2.75) is 25.9 Å². The molecule has 0 unspecified atom stereocenters. The quantitative estimate of drug-likeness (QED) is 0.621. The van der Waals surface area contributed by atoms with Gasteiger partial charge in [0.1, 0.15) is 5.75 Å². The summed E-state index contributed by atoms with van der Waals surface area (Å²) in [5.74, 6) is 0.0924. The molecule has 1 saturated heterocycles. The van der Waals surface area contributed by atoms with Crippen LogP contribution in [0.5, 0.6) is 5.75 Å². The Bertz CT molecular complexity index is 1150. The number of likely N-dealkylation sites (tertiary alicyclic amines) is 1. The van der Waals surface area contributed by atoms with Crippen LogP contribution in [0.2, 0.25) is 0 Å². The number of aromatic amines is 1. The smallest absolute Gasteiger partial charge is 0.345 e. The zero-order valence-corrected chi connectivity index (χ0v) is 16.6. The molecule has 1 fully saturated rings. The Morgan fingerprint density at radius 3 is 2.60 bits per heavy atom. The highest BCUT2D eigenvalue weighted by Crippen LogP contribution is 2.26. The van der Waals surface area contributed by atoms with Crippen LogP contribution in [0.25, 0.3) is 22.5 Å². The van der Waals surface area contributed by atoms with Gasteiger partial charge in [0.05, 0.1) is 17.5 Å². The van der Waals surface area contributed by atoms with Crippen molar-refractivity contribution in [1.29, 1.82) is 0 Å². The summed E-state index contributed by atoms with van der Waals surface area (Å²) >= 11 is 0. The summed E-state index contributed by atoms with van der Waals surface area (Å²) in [6.07, 6.45) is 0.820. The van der Waals surface area contributed by atoms with E-state index in [9.17, 15) is 19.8 Å². The fourth-order valence-corrected chi connectivity index (χ4v) is 3.65. The van der Waals surface area contributed by atoms with E-state index in [2.05, 4.69) is 9.97 Å². The highest BCUT2D eigenvalue weighted by Gasteiger charge is 2.22. The van der Waals surface area contributed by atoms with E-state index < -0.39 is 5.69 Å². The van der Waals surface area contributed by atoms with E-state index in [-0.39, 0.29) is 17.8 Å². The van der Waals surface area contributed by atoms with Gasteiger partial charge in [0.2, 0.25) is 0 Å². The first kappa shape index (κ1) is 19.8. The van der Waals surface area contributed by atoms with E-state index in [1.807, 2.05) is 6.07 Å². The molecule has 2 heterocycles. The molecule has 154 valence electrons. The highest BCUT2D eigenvalue weighted by molar-refractivity contribution is 5.95. The second-order valence-corrected chi connectivity index (χ2v) is 7.59. The number of phenolic OH excluding ortho intramolecular Hbond substituents is 1. The second kappa shape index (κ2) is 8.12. The second-order valence-electron chi connectivity index (χ2n) is 7.59. The van der Waals surface area contributed by atoms with Gasteiger partial charge in [0, 0.05) is 24.2 Å². The third-order valence-electron chi connectivity index (χ3n) is 5.41. The topological polar surface area (TPSA) is 107 Å². The van der Waals surface area contributed by atoms with Crippen molar-refractivity contribution in [2.75, 3.05) is 13.1 Å². The Balaban J connectivity index is 1.67. The predicted molar refractivity (Wildman–Crippen MR) is 113 cm³/mol. The van der Waals surface area contributed by atoms with Crippen LogP contribution >= 0.6 is 0 Å². The van der Waals surface area contributed by atoms with Gasteiger partial charge in [-0.3, -0.25) is 4.79 Å². The van der Waals surface area contributed by atoms with Crippen LogP contribution in [-0.2, 0) is 0 Å². The maximum absolute atomic E-state index is 12.9. The van der Waals surface area contributed by atoms with Crippen LogP contribution in [0, 0.1) is 6.92 Å². The molecule has 7 heteroatoms. The van der Waals surface area contributed by atoms with Gasteiger partial charge in [-0.1, -0.05) is 12.1 Å². The zero-order chi connectivity index (χ0) is 21.3. The van der Waals surface area contributed by atoms with Crippen LogP contribution < -0.4 is 5.69 Å². The molecule has 0 aliphatic carbocycles. The molecule has 1 amide bonds. The number of nitrogens with zero attached hydrogens (tertiary/aromatic N) is 2. The number of amides is 1. The molecule has 7 nitrogen and oxygen atoms in total. The summed E-state index contributed by atoms with van der Waals surface area (Å²) in [5, 5.41) is 19.4. The van der Waals surface area contributed by atoms with Crippen LogP contribution in [0.15, 0.2) is 53.3 Å². The Labute approximate surface area is 173 Å². The molecule has 4 rings (SSSR count). The standard InChI is InChI=1S/C23H23N3O4/c1-14-11-16(5-6-21(14)28)20-13-19(24-23(30)25-20)15-3-2-4-17(12-15)22(29)26-9-7-18(27)8-10-26/h2-6,11-13,18,27-28H,7-10H2,1H3,(H,24,25,30). The van der Waals surface area contributed by atoms with E-state index in [0.29, 0.717) is 54.0 Å². The Morgan fingerprint density at radius 1 is 1.10 bits per heavy atom. The van der Waals surface area contributed by atoms with Crippen molar-refractivity contribution in [3.8, 4) is 28.3 Å². The maximum Gasteiger partial charge on any atom is 0.345 e. The molecule has 3 N–H and O–H groups in total. The molecular formula is C23H23N3O4. The van der Waals surface area contributed by atoms with Crippen molar-refractivity contribution < 1.29 is 15.0 Å². The normalized spacial score (nSPS) is 14.7. The Morgan fingerprint density at radius 2 is 1.87 bits per heavy atom. The van der Waals surface area contributed by atoms with Crippen LogP contribution in [0.1, 0.15) is 28.8 Å². The molecule has 0 bridgehead atoms. The fourth-order valence-electron chi connectivity index (χ4n) is 3.65. The van der Waals surface area contributed by atoms with Crippen molar-refractivity contribution in [2.24, 2.45) is 0 Å². The number of aliphatic hydroxyl groups excluding tert-OH is 1. The number of aryl methyl sites for hydroxylation is 1. The molecule has 2 aromatic carbocycles. The average Bonchev–Trinajstić information content (AvgIpc) is 2.75.